The molecule has 0 spiro atoms. The first-order valence-electron chi connectivity index (χ1n) is 6.58. The highest BCUT2D eigenvalue weighted by Gasteiger charge is 2.48. The second-order valence-corrected chi connectivity index (χ2v) is 5.28. The van der Waals surface area contributed by atoms with E-state index in [1.54, 1.807) is 7.05 Å². The molecule has 0 aromatic carbocycles. The Morgan fingerprint density at radius 3 is 2.71 bits per heavy atom. The van der Waals surface area contributed by atoms with Crippen LogP contribution in [-0.4, -0.2) is 38.3 Å². The molecule has 4 heteroatoms. The Balaban J connectivity index is 2.15. The number of nitrogens with one attached hydrogen (secondary N) is 2. The number of hydrogen-bond donors (Lipinski definition) is 2. The lowest BCUT2D eigenvalue weighted by Gasteiger charge is -2.52. The SMILES string of the molecule is CCOC1CC(NCCCC(=O)NC)C1(C)C. The Kier molecular flexibility index (Phi) is 5.40. The molecule has 1 saturated carbocycles. The first-order chi connectivity index (χ1) is 8.02. The van der Waals surface area contributed by atoms with E-state index in [1.165, 1.54) is 0 Å². The van der Waals surface area contributed by atoms with E-state index in [0.29, 0.717) is 18.6 Å². The van der Waals surface area contributed by atoms with Crippen LogP contribution in [0.5, 0.6) is 0 Å². The molecule has 0 saturated heterocycles. The molecule has 0 aromatic rings. The topological polar surface area (TPSA) is 50.4 Å². The molecule has 1 aliphatic rings. The average molecular weight is 242 g/mol. The number of carbonyl (C=O) groups is 1. The number of rotatable bonds is 7. The highest BCUT2D eigenvalue weighted by molar-refractivity contribution is 5.75. The zero-order valence-electron chi connectivity index (χ0n) is 11.5. The molecule has 1 fully saturated rings. The van der Waals surface area contributed by atoms with Gasteiger partial charge in [0.1, 0.15) is 0 Å². The number of amides is 1. The fourth-order valence-corrected chi connectivity index (χ4v) is 2.37. The molecule has 0 heterocycles. The first kappa shape index (κ1) is 14.5. The summed E-state index contributed by atoms with van der Waals surface area (Å²) in [6.45, 7) is 8.22. The molecule has 17 heavy (non-hydrogen) atoms. The standard InChI is InChI=1S/C13H26N2O2/c1-5-17-11-9-10(13(11,2)3)15-8-6-7-12(16)14-4/h10-11,15H,5-9H2,1-4H3,(H,14,16). The van der Waals surface area contributed by atoms with Gasteiger partial charge >= 0.3 is 0 Å². The van der Waals surface area contributed by atoms with Crippen molar-refractivity contribution in [1.29, 1.82) is 0 Å². The predicted octanol–water partition coefficient (Wildman–Crippen LogP) is 1.31. The summed E-state index contributed by atoms with van der Waals surface area (Å²) >= 11 is 0. The maximum atomic E-state index is 11.0. The quantitative estimate of drug-likeness (QED) is 0.662. The van der Waals surface area contributed by atoms with Gasteiger partial charge in [0.05, 0.1) is 6.10 Å². The predicted molar refractivity (Wildman–Crippen MR) is 68.9 cm³/mol. The van der Waals surface area contributed by atoms with Gasteiger partial charge in [-0.25, -0.2) is 0 Å². The van der Waals surface area contributed by atoms with Gasteiger partial charge in [-0.3, -0.25) is 4.79 Å². The minimum Gasteiger partial charge on any atom is -0.378 e. The minimum atomic E-state index is 0.117. The third-order valence-electron chi connectivity index (χ3n) is 3.80. The Hall–Kier alpha value is -0.610. The molecule has 1 rings (SSSR count). The zero-order valence-corrected chi connectivity index (χ0v) is 11.5. The number of ether oxygens (including phenoxy) is 1. The van der Waals surface area contributed by atoms with E-state index < -0.39 is 0 Å². The average Bonchev–Trinajstić information content (AvgIpc) is 2.31. The van der Waals surface area contributed by atoms with Crippen molar-refractivity contribution in [3.63, 3.8) is 0 Å². The molecule has 2 atom stereocenters. The summed E-state index contributed by atoms with van der Waals surface area (Å²) in [5.74, 6) is 0.117. The second kappa shape index (κ2) is 6.36. The molecule has 4 nitrogen and oxygen atoms in total. The molecule has 0 aromatic heterocycles. The van der Waals surface area contributed by atoms with Crippen LogP contribution < -0.4 is 10.6 Å². The van der Waals surface area contributed by atoms with E-state index in [4.69, 9.17) is 4.74 Å². The molecule has 2 unspecified atom stereocenters. The summed E-state index contributed by atoms with van der Waals surface area (Å²) in [5, 5.41) is 6.15. The van der Waals surface area contributed by atoms with Crippen LogP contribution in [0.25, 0.3) is 0 Å². The van der Waals surface area contributed by atoms with Crippen LogP contribution in [0, 0.1) is 5.41 Å². The zero-order chi connectivity index (χ0) is 12.9. The van der Waals surface area contributed by atoms with Gasteiger partial charge in [-0.05, 0) is 26.3 Å². The van der Waals surface area contributed by atoms with E-state index >= 15 is 0 Å². The lowest BCUT2D eigenvalue weighted by atomic mass is 9.64. The van der Waals surface area contributed by atoms with Gasteiger partial charge in [-0.1, -0.05) is 13.8 Å². The third kappa shape index (κ3) is 3.68. The van der Waals surface area contributed by atoms with E-state index in [1.807, 2.05) is 6.92 Å². The molecular formula is C13H26N2O2. The highest BCUT2D eigenvalue weighted by Crippen LogP contribution is 2.42. The fourth-order valence-electron chi connectivity index (χ4n) is 2.37. The molecular weight excluding hydrogens is 216 g/mol. The van der Waals surface area contributed by atoms with Gasteiger partial charge in [0, 0.05) is 31.5 Å². The monoisotopic (exact) mass is 242 g/mol. The summed E-state index contributed by atoms with van der Waals surface area (Å²) in [7, 11) is 1.68. The lowest BCUT2D eigenvalue weighted by Crippen LogP contribution is -2.61. The number of hydrogen-bond acceptors (Lipinski definition) is 3. The Morgan fingerprint density at radius 2 is 2.18 bits per heavy atom. The van der Waals surface area contributed by atoms with Gasteiger partial charge in [-0.2, -0.15) is 0 Å². The van der Waals surface area contributed by atoms with Crippen LogP contribution >= 0.6 is 0 Å². The maximum Gasteiger partial charge on any atom is 0.219 e. The molecule has 100 valence electrons. The summed E-state index contributed by atoms with van der Waals surface area (Å²) in [6, 6.07) is 0.517. The third-order valence-corrected chi connectivity index (χ3v) is 3.80. The fraction of sp³-hybridized carbons (Fsp3) is 0.923. The minimum absolute atomic E-state index is 0.117. The van der Waals surface area contributed by atoms with E-state index in [9.17, 15) is 4.79 Å². The molecule has 0 bridgehead atoms. The smallest absolute Gasteiger partial charge is 0.219 e. The van der Waals surface area contributed by atoms with Crippen molar-refractivity contribution in [1.82, 2.24) is 10.6 Å². The van der Waals surface area contributed by atoms with E-state index in [2.05, 4.69) is 24.5 Å². The summed E-state index contributed by atoms with van der Waals surface area (Å²) in [4.78, 5) is 11.0. The summed E-state index contributed by atoms with van der Waals surface area (Å²) in [5.41, 5.74) is 0.211. The van der Waals surface area contributed by atoms with Crippen molar-refractivity contribution in [3.8, 4) is 0 Å². The summed E-state index contributed by atoms with van der Waals surface area (Å²) < 4.78 is 5.68. The normalized spacial score (nSPS) is 26.4. The Bertz CT molecular complexity index is 254. The van der Waals surface area contributed by atoms with E-state index in [-0.39, 0.29) is 11.3 Å². The van der Waals surface area contributed by atoms with Crippen molar-refractivity contribution in [2.24, 2.45) is 5.41 Å². The van der Waals surface area contributed by atoms with Crippen molar-refractivity contribution in [2.75, 3.05) is 20.2 Å². The number of carbonyl (C=O) groups excluding carboxylic acids is 1. The van der Waals surface area contributed by atoms with Gasteiger partial charge in [0.15, 0.2) is 0 Å². The van der Waals surface area contributed by atoms with Crippen LogP contribution in [-0.2, 0) is 9.53 Å². The van der Waals surface area contributed by atoms with Crippen LogP contribution in [0.2, 0.25) is 0 Å². The van der Waals surface area contributed by atoms with Crippen molar-refractivity contribution >= 4 is 5.91 Å². The molecule has 1 amide bonds. The molecule has 2 N–H and O–H groups in total. The van der Waals surface area contributed by atoms with Crippen molar-refractivity contribution in [3.05, 3.63) is 0 Å². The Labute approximate surface area is 104 Å². The second-order valence-electron chi connectivity index (χ2n) is 5.28. The van der Waals surface area contributed by atoms with Gasteiger partial charge < -0.3 is 15.4 Å². The molecule has 0 radical (unpaired) electrons. The van der Waals surface area contributed by atoms with Crippen LogP contribution in [0.15, 0.2) is 0 Å². The summed E-state index contributed by atoms with van der Waals surface area (Å²) in [6.07, 6.45) is 2.96. The van der Waals surface area contributed by atoms with Crippen LogP contribution in [0.3, 0.4) is 0 Å². The van der Waals surface area contributed by atoms with Gasteiger partial charge in [-0.15, -0.1) is 0 Å². The van der Waals surface area contributed by atoms with E-state index in [0.717, 1.165) is 26.0 Å². The lowest BCUT2D eigenvalue weighted by molar-refractivity contribution is -0.121. The van der Waals surface area contributed by atoms with Crippen LogP contribution in [0.4, 0.5) is 0 Å². The van der Waals surface area contributed by atoms with Crippen molar-refractivity contribution in [2.45, 2.75) is 52.2 Å². The first-order valence-corrected chi connectivity index (χ1v) is 6.58. The molecule has 0 aliphatic heterocycles. The maximum absolute atomic E-state index is 11.0. The van der Waals surface area contributed by atoms with Crippen molar-refractivity contribution < 1.29 is 9.53 Å². The highest BCUT2D eigenvalue weighted by atomic mass is 16.5. The Morgan fingerprint density at radius 1 is 1.47 bits per heavy atom. The van der Waals surface area contributed by atoms with Gasteiger partial charge in [0.2, 0.25) is 5.91 Å². The van der Waals surface area contributed by atoms with Gasteiger partial charge in [0.25, 0.3) is 0 Å². The van der Waals surface area contributed by atoms with Crippen LogP contribution in [0.1, 0.15) is 40.0 Å². The molecule has 1 aliphatic carbocycles. The largest absolute Gasteiger partial charge is 0.378 e.